The van der Waals surface area contributed by atoms with E-state index in [0.717, 1.165) is 5.56 Å². The first-order valence-electron chi connectivity index (χ1n) is 7.07. The Morgan fingerprint density at radius 3 is 2.48 bits per heavy atom. The van der Waals surface area contributed by atoms with Crippen LogP contribution < -0.4 is 9.16 Å². The van der Waals surface area contributed by atoms with Crippen LogP contribution in [0.15, 0.2) is 72.9 Å². The van der Waals surface area contributed by atoms with Crippen LogP contribution >= 0.6 is 23.4 Å². The van der Waals surface area contributed by atoms with Gasteiger partial charge in [-0.15, -0.1) is 0 Å². The molecule has 3 rings (SSSR count). The molecule has 0 amide bonds. The van der Waals surface area contributed by atoms with E-state index in [9.17, 15) is 0 Å². The lowest BCUT2D eigenvalue weighted by molar-refractivity contribution is 0.306. The van der Waals surface area contributed by atoms with Crippen molar-refractivity contribution >= 4 is 34.9 Å². The Balaban J connectivity index is 1.79. The zero-order chi connectivity index (χ0) is 16.1. The van der Waals surface area contributed by atoms with Crippen LogP contribution in [0.1, 0.15) is 5.56 Å². The van der Waals surface area contributed by atoms with Crippen molar-refractivity contribution in [3.8, 4) is 5.75 Å². The van der Waals surface area contributed by atoms with Gasteiger partial charge in [-0.1, -0.05) is 48.0 Å². The average Bonchev–Trinajstić information content (AvgIpc) is 2.62. The summed E-state index contributed by atoms with van der Waals surface area (Å²) in [5.41, 5.74) is 1.72. The molecule has 0 aliphatic rings. The van der Waals surface area contributed by atoms with Gasteiger partial charge in [0.15, 0.2) is 0 Å². The van der Waals surface area contributed by atoms with Gasteiger partial charge in [0.25, 0.3) is 0 Å². The molecule has 1 heterocycles. The number of aromatic nitrogens is 1. The second-order valence-electron chi connectivity index (χ2n) is 4.86. The molecule has 3 aromatic rings. The van der Waals surface area contributed by atoms with E-state index in [1.54, 1.807) is 24.4 Å². The van der Waals surface area contributed by atoms with Gasteiger partial charge in [-0.25, -0.2) is 9.40 Å². The van der Waals surface area contributed by atoms with Crippen LogP contribution in [0, 0.1) is 0 Å². The number of nitrogens with zero attached hydrogens (tertiary/aromatic N) is 2. The molecule has 116 valence electrons. The number of hydrogen-bond donors (Lipinski definition) is 0. The first-order chi connectivity index (χ1) is 11.2. The van der Waals surface area contributed by atoms with Crippen molar-refractivity contribution in [2.24, 2.45) is 0 Å². The molecule has 2 aromatic carbocycles. The van der Waals surface area contributed by atoms with Crippen molar-refractivity contribution in [1.29, 1.82) is 0 Å². The van der Waals surface area contributed by atoms with Crippen molar-refractivity contribution in [3.05, 3.63) is 83.5 Å². The molecular formula is C18H14Cl2N2O. The molecule has 0 saturated heterocycles. The molecule has 0 aliphatic carbocycles. The Morgan fingerprint density at radius 2 is 1.74 bits per heavy atom. The number of ether oxygens (including phenoxy) is 1. The van der Waals surface area contributed by atoms with Crippen LogP contribution in [-0.4, -0.2) is 4.98 Å². The molecular weight excluding hydrogens is 331 g/mol. The standard InChI is InChI=1S/C18H14Cl2N2O/c19-16-10-9-15(23-13-14-6-2-1-3-7-14)12-17(16)22(20)18-8-4-5-11-21-18/h1-12H,13H2. The van der Waals surface area contributed by atoms with Gasteiger partial charge >= 0.3 is 0 Å². The third-order valence-corrected chi connectivity index (χ3v) is 3.90. The van der Waals surface area contributed by atoms with Gasteiger partial charge in [-0.3, -0.25) is 0 Å². The zero-order valence-corrected chi connectivity index (χ0v) is 13.7. The molecule has 0 aliphatic heterocycles. The van der Waals surface area contributed by atoms with Crippen molar-refractivity contribution in [3.63, 3.8) is 0 Å². The Bertz CT molecular complexity index is 766. The molecule has 0 spiro atoms. The number of benzene rings is 2. The minimum atomic E-state index is 0.480. The van der Waals surface area contributed by atoms with Crippen molar-refractivity contribution < 1.29 is 4.74 Å². The third-order valence-electron chi connectivity index (χ3n) is 3.23. The van der Waals surface area contributed by atoms with Crippen LogP contribution in [0.4, 0.5) is 11.5 Å². The normalized spacial score (nSPS) is 10.3. The fourth-order valence-corrected chi connectivity index (χ4v) is 2.55. The number of hydrogen-bond acceptors (Lipinski definition) is 3. The number of rotatable bonds is 5. The topological polar surface area (TPSA) is 25.4 Å². The molecule has 0 bridgehead atoms. The van der Waals surface area contributed by atoms with E-state index in [0.29, 0.717) is 28.9 Å². The Labute approximate surface area is 145 Å². The Kier molecular flexibility index (Phi) is 5.01. The maximum Gasteiger partial charge on any atom is 0.147 e. The lowest BCUT2D eigenvalue weighted by Crippen LogP contribution is -2.05. The molecule has 0 atom stereocenters. The summed E-state index contributed by atoms with van der Waals surface area (Å²) in [6, 6.07) is 20.8. The lowest BCUT2D eigenvalue weighted by atomic mass is 10.2. The SMILES string of the molecule is Clc1ccc(OCc2ccccc2)cc1N(Cl)c1ccccn1. The molecule has 0 radical (unpaired) electrons. The van der Waals surface area contributed by atoms with Crippen molar-refractivity contribution in [2.45, 2.75) is 6.61 Å². The van der Waals surface area contributed by atoms with Gasteiger partial charge in [0.2, 0.25) is 0 Å². The number of pyridine rings is 1. The monoisotopic (exact) mass is 344 g/mol. The van der Waals surface area contributed by atoms with E-state index in [1.807, 2.05) is 48.5 Å². The maximum atomic E-state index is 6.36. The van der Waals surface area contributed by atoms with E-state index in [4.69, 9.17) is 28.1 Å². The van der Waals surface area contributed by atoms with E-state index < -0.39 is 0 Å². The van der Waals surface area contributed by atoms with Gasteiger partial charge in [0.1, 0.15) is 18.2 Å². The van der Waals surface area contributed by atoms with Crippen LogP contribution in [-0.2, 0) is 6.61 Å². The highest BCUT2D eigenvalue weighted by atomic mass is 35.5. The lowest BCUT2D eigenvalue weighted by Gasteiger charge is -2.17. The molecule has 1 aromatic heterocycles. The molecule has 0 fully saturated rings. The van der Waals surface area contributed by atoms with Crippen LogP contribution in [0.5, 0.6) is 5.75 Å². The molecule has 0 saturated carbocycles. The molecule has 23 heavy (non-hydrogen) atoms. The smallest absolute Gasteiger partial charge is 0.147 e. The van der Waals surface area contributed by atoms with E-state index in [-0.39, 0.29) is 0 Å². The minimum Gasteiger partial charge on any atom is -0.489 e. The zero-order valence-electron chi connectivity index (χ0n) is 12.2. The summed E-state index contributed by atoms with van der Waals surface area (Å²) in [6.45, 7) is 0.480. The molecule has 0 unspecified atom stereocenters. The van der Waals surface area contributed by atoms with Crippen molar-refractivity contribution in [2.75, 3.05) is 4.42 Å². The molecule has 5 heteroatoms. The highest BCUT2D eigenvalue weighted by molar-refractivity contribution is 6.37. The quantitative estimate of drug-likeness (QED) is 0.562. The third kappa shape index (κ3) is 3.95. The first-order valence-corrected chi connectivity index (χ1v) is 7.79. The Morgan fingerprint density at radius 1 is 0.957 bits per heavy atom. The van der Waals surface area contributed by atoms with E-state index >= 15 is 0 Å². The predicted octanol–water partition coefficient (Wildman–Crippen LogP) is 5.61. The fourth-order valence-electron chi connectivity index (χ4n) is 2.07. The number of halogens is 2. The van der Waals surface area contributed by atoms with Crippen molar-refractivity contribution in [1.82, 2.24) is 4.98 Å². The summed E-state index contributed by atoms with van der Waals surface area (Å²) in [7, 11) is 0. The maximum absolute atomic E-state index is 6.36. The second kappa shape index (κ2) is 7.36. The van der Waals surface area contributed by atoms with E-state index in [2.05, 4.69) is 4.98 Å². The highest BCUT2D eigenvalue weighted by Gasteiger charge is 2.13. The summed E-state index contributed by atoms with van der Waals surface area (Å²) in [6.07, 6.45) is 1.67. The minimum absolute atomic E-state index is 0.480. The van der Waals surface area contributed by atoms with Gasteiger partial charge in [0.05, 0.1) is 10.7 Å². The highest BCUT2D eigenvalue weighted by Crippen LogP contribution is 2.35. The molecule has 3 nitrogen and oxygen atoms in total. The summed E-state index contributed by atoms with van der Waals surface area (Å²) in [5.74, 6) is 1.28. The summed E-state index contributed by atoms with van der Waals surface area (Å²) < 4.78 is 7.22. The predicted molar refractivity (Wildman–Crippen MR) is 94.5 cm³/mol. The van der Waals surface area contributed by atoms with Crippen LogP contribution in [0.25, 0.3) is 0 Å². The van der Waals surface area contributed by atoms with Crippen LogP contribution in [0.2, 0.25) is 5.02 Å². The van der Waals surface area contributed by atoms with Gasteiger partial charge in [-0.05, 0) is 29.8 Å². The largest absolute Gasteiger partial charge is 0.489 e. The second-order valence-corrected chi connectivity index (χ2v) is 5.60. The Hall–Kier alpha value is -2.23. The van der Waals surface area contributed by atoms with Crippen LogP contribution in [0.3, 0.4) is 0 Å². The average molecular weight is 345 g/mol. The first kappa shape index (κ1) is 15.7. The summed E-state index contributed by atoms with van der Waals surface area (Å²) >= 11 is 12.6. The molecule has 0 N–H and O–H groups in total. The van der Waals surface area contributed by atoms with Gasteiger partial charge in [-0.2, -0.15) is 0 Å². The van der Waals surface area contributed by atoms with E-state index in [1.165, 1.54) is 4.42 Å². The number of anilines is 2. The summed E-state index contributed by atoms with van der Waals surface area (Å²) in [4.78, 5) is 4.21. The fraction of sp³-hybridized carbons (Fsp3) is 0.0556. The van der Waals surface area contributed by atoms with Gasteiger partial charge in [0, 0.05) is 24.0 Å². The van der Waals surface area contributed by atoms with Gasteiger partial charge < -0.3 is 4.74 Å². The summed E-state index contributed by atoms with van der Waals surface area (Å²) in [5, 5.41) is 0.526.